The van der Waals surface area contributed by atoms with Crippen LogP contribution in [-0.2, 0) is 0 Å². The minimum absolute atomic E-state index is 0.160. The number of hydrogen-bond acceptors (Lipinski definition) is 4. The number of benzene rings is 3. The first-order chi connectivity index (χ1) is 14.6. The third-order valence-corrected chi connectivity index (χ3v) is 5.02. The van der Waals surface area contributed by atoms with Crippen LogP contribution in [0.25, 0.3) is 11.4 Å². The molecule has 148 valence electrons. The number of rotatable bonds is 5. The number of halogens is 1. The zero-order valence-electron chi connectivity index (χ0n) is 16.3. The number of amides is 1. The number of carbonyl (C=O) groups excluding carboxylic acids is 1. The molecule has 3 aromatic carbocycles. The van der Waals surface area contributed by atoms with Gasteiger partial charge in [-0.15, -0.1) is 0 Å². The second-order valence-corrected chi connectivity index (χ2v) is 7.71. The van der Waals surface area contributed by atoms with Crippen LogP contribution in [0.1, 0.15) is 15.9 Å². The maximum absolute atomic E-state index is 12.4. The van der Waals surface area contributed by atoms with E-state index >= 15 is 0 Å². The lowest BCUT2D eigenvalue weighted by atomic mass is 10.1. The molecule has 0 aliphatic carbocycles. The average molecular weight is 459 g/mol. The summed E-state index contributed by atoms with van der Waals surface area (Å²) in [6.07, 6.45) is 1.73. The van der Waals surface area contributed by atoms with Crippen LogP contribution in [0.4, 0.5) is 17.2 Å². The summed E-state index contributed by atoms with van der Waals surface area (Å²) < 4.78 is 0.964. The van der Waals surface area contributed by atoms with Crippen LogP contribution in [0.2, 0.25) is 0 Å². The molecule has 0 spiro atoms. The molecule has 4 aromatic rings. The Bertz CT molecular complexity index is 1160. The second-order valence-electron chi connectivity index (χ2n) is 6.79. The zero-order valence-corrected chi connectivity index (χ0v) is 17.8. The van der Waals surface area contributed by atoms with Gasteiger partial charge in [-0.3, -0.25) is 4.79 Å². The highest BCUT2D eigenvalue weighted by atomic mass is 79.9. The lowest BCUT2D eigenvalue weighted by molar-refractivity contribution is 0.102. The van der Waals surface area contributed by atoms with Gasteiger partial charge in [0.2, 0.25) is 0 Å². The van der Waals surface area contributed by atoms with Gasteiger partial charge in [0.15, 0.2) is 5.82 Å². The lowest BCUT2D eigenvalue weighted by Gasteiger charge is -2.09. The molecule has 1 amide bonds. The van der Waals surface area contributed by atoms with Crippen molar-refractivity contribution in [3.05, 3.63) is 101 Å². The third kappa shape index (κ3) is 4.90. The normalized spacial score (nSPS) is 10.5. The second kappa shape index (κ2) is 8.88. The van der Waals surface area contributed by atoms with Gasteiger partial charge in [0, 0.05) is 33.2 Å². The molecular weight excluding hydrogens is 440 g/mol. The van der Waals surface area contributed by atoms with Gasteiger partial charge in [0.1, 0.15) is 5.82 Å². The van der Waals surface area contributed by atoms with E-state index in [0.29, 0.717) is 17.2 Å². The average Bonchev–Trinajstić information content (AvgIpc) is 2.76. The van der Waals surface area contributed by atoms with Gasteiger partial charge in [-0.1, -0.05) is 45.8 Å². The minimum Gasteiger partial charge on any atom is -0.340 e. The standard InChI is InChI=1S/C24H19BrN4O/c1-16-2-4-17(5-3-16)23-26-15-14-22(29-23)27-20-10-6-18(7-11-20)24(30)28-21-12-8-19(25)9-13-21/h2-15H,1H3,(H,28,30)(H,26,27,29). The van der Waals surface area contributed by atoms with Crippen molar-refractivity contribution in [2.24, 2.45) is 0 Å². The number of carbonyl (C=O) groups is 1. The van der Waals surface area contributed by atoms with Crippen LogP contribution >= 0.6 is 15.9 Å². The summed E-state index contributed by atoms with van der Waals surface area (Å²) in [5.74, 6) is 1.19. The van der Waals surface area contributed by atoms with Crippen molar-refractivity contribution >= 4 is 39.0 Å². The molecule has 0 unspecified atom stereocenters. The van der Waals surface area contributed by atoms with Crippen molar-refractivity contribution in [1.29, 1.82) is 0 Å². The molecule has 1 aromatic heterocycles. The maximum atomic E-state index is 12.4. The number of aryl methyl sites for hydroxylation is 1. The minimum atomic E-state index is -0.160. The van der Waals surface area contributed by atoms with Crippen molar-refractivity contribution in [1.82, 2.24) is 9.97 Å². The fourth-order valence-corrected chi connectivity index (χ4v) is 3.12. The Morgan fingerprint density at radius 2 is 1.50 bits per heavy atom. The SMILES string of the molecule is Cc1ccc(-c2nccc(Nc3ccc(C(=O)Nc4ccc(Br)cc4)cc3)n2)cc1. The molecule has 6 heteroatoms. The Balaban J connectivity index is 1.44. The molecule has 1 heterocycles. The largest absolute Gasteiger partial charge is 0.340 e. The zero-order chi connectivity index (χ0) is 20.9. The first-order valence-electron chi connectivity index (χ1n) is 9.41. The van der Waals surface area contributed by atoms with E-state index in [4.69, 9.17) is 0 Å². The van der Waals surface area contributed by atoms with Crippen molar-refractivity contribution in [2.75, 3.05) is 10.6 Å². The van der Waals surface area contributed by atoms with E-state index in [2.05, 4.69) is 36.5 Å². The molecule has 0 saturated heterocycles. The van der Waals surface area contributed by atoms with E-state index in [9.17, 15) is 4.79 Å². The highest BCUT2D eigenvalue weighted by molar-refractivity contribution is 9.10. The summed E-state index contributed by atoms with van der Waals surface area (Å²) in [6, 6.07) is 24.6. The summed E-state index contributed by atoms with van der Waals surface area (Å²) in [5, 5.41) is 6.14. The van der Waals surface area contributed by atoms with Crippen molar-refractivity contribution < 1.29 is 4.79 Å². The highest BCUT2D eigenvalue weighted by Crippen LogP contribution is 2.20. The van der Waals surface area contributed by atoms with Crippen molar-refractivity contribution in [3.63, 3.8) is 0 Å². The topological polar surface area (TPSA) is 66.9 Å². The van der Waals surface area contributed by atoms with Gasteiger partial charge < -0.3 is 10.6 Å². The van der Waals surface area contributed by atoms with E-state index in [1.165, 1.54) is 5.56 Å². The smallest absolute Gasteiger partial charge is 0.255 e. The number of nitrogens with zero attached hydrogens (tertiary/aromatic N) is 2. The number of hydrogen-bond donors (Lipinski definition) is 2. The Kier molecular flexibility index (Phi) is 5.86. The number of aromatic nitrogens is 2. The van der Waals surface area contributed by atoms with E-state index in [0.717, 1.165) is 21.4 Å². The lowest BCUT2D eigenvalue weighted by Crippen LogP contribution is -2.11. The van der Waals surface area contributed by atoms with Gasteiger partial charge in [0.25, 0.3) is 5.91 Å². The summed E-state index contributed by atoms with van der Waals surface area (Å²) in [6.45, 7) is 2.05. The van der Waals surface area contributed by atoms with Gasteiger partial charge in [0.05, 0.1) is 0 Å². The summed E-state index contributed by atoms with van der Waals surface area (Å²) in [7, 11) is 0. The van der Waals surface area contributed by atoms with Crippen LogP contribution in [0.15, 0.2) is 89.5 Å². The van der Waals surface area contributed by atoms with Crippen LogP contribution in [0, 0.1) is 6.92 Å². The predicted octanol–water partition coefficient (Wildman–Crippen LogP) is 6.21. The molecule has 5 nitrogen and oxygen atoms in total. The van der Waals surface area contributed by atoms with Crippen LogP contribution in [0.3, 0.4) is 0 Å². The maximum Gasteiger partial charge on any atom is 0.255 e. The van der Waals surface area contributed by atoms with E-state index in [-0.39, 0.29) is 5.91 Å². The van der Waals surface area contributed by atoms with Crippen LogP contribution in [0.5, 0.6) is 0 Å². The summed E-state index contributed by atoms with van der Waals surface area (Å²) in [5.41, 5.74) is 4.31. The van der Waals surface area contributed by atoms with Gasteiger partial charge >= 0.3 is 0 Å². The number of anilines is 3. The molecule has 30 heavy (non-hydrogen) atoms. The van der Waals surface area contributed by atoms with E-state index in [1.807, 2.05) is 73.7 Å². The monoisotopic (exact) mass is 458 g/mol. The first-order valence-corrected chi connectivity index (χ1v) is 10.2. The Labute approximate surface area is 183 Å². The molecular formula is C24H19BrN4O. The molecule has 0 saturated carbocycles. The van der Waals surface area contributed by atoms with Gasteiger partial charge in [-0.05, 0) is 61.5 Å². The molecule has 4 rings (SSSR count). The summed E-state index contributed by atoms with van der Waals surface area (Å²) in [4.78, 5) is 21.4. The van der Waals surface area contributed by atoms with Gasteiger partial charge in [-0.2, -0.15) is 0 Å². The third-order valence-electron chi connectivity index (χ3n) is 4.49. The van der Waals surface area contributed by atoms with E-state index < -0.39 is 0 Å². The molecule has 0 atom stereocenters. The Hall–Kier alpha value is -3.51. The van der Waals surface area contributed by atoms with Crippen molar-refractivity contribution in [2.45, 2.75) is 6.92 Å². The predicted molar refractivity (Wildman–Crippen MR) is 124 cm³/mol. The van der Waals surface area contributed by atoms with E-state index in [1.54, 1.807) is 18.3 Å². The van der Waals surface area contributed by atoms with Crippen LogP contribution < -0.4 is 10.6 Å². The molecule has 0 radical (unpaired) electrons. The fraction of sp³-hybridized carbons (Fsp3) is 0.0417. The van der Waals surface area contributed by atoms with Crippen molar-refractivity contribution in [3.8, 4) is 11.4 Å². The molecule has 0 aliphatic rings. The fourth-order valence-electron chi connectivity index (χ4n) is 2.86. The van der Waals surface area contributed by atoms with Crippen LogP contribution in [-0.4, -0.2) is 15.9 Å². The Morgan fingerprint density at radius 3 is 2.20 bits per heavy atom. The molecule has 0 fully saturated rings. The highest BCUT2D eigenvalue weighted by Gasteiger charge is 2.07. The molecule has 2 N–H and O–H groups in total. The molecule has 0 bridgehead atoms. The summed E-state index contributed by atoms with van der Waals surface area (Å²) >= 11 is 3.38. The first kappa shape index (κ1) is 19.8. The molecule has 0 aliphatic heterocycles. The van der Waals surface area contributed by atoms with Gasteiger partial charge in [-0.25, -0.2) is 9.97 Å². The quantitative estimate of drug-likeness (QED) is 0.372. The Morgan fingerprint density at radius 1 is 0.833 bits per heavy atom. The number of nitrogens with one attached hydrogen (secondary N) is 2.